The average Bonchev–Trinajstić information content (AvgIpc) is 2.57. The van der Waals surface area contributed by atoms with E-state index >= 15 is 0 Å². The second kappa shape index (κ2) is 7.15. The maximum atomic E-state index is 12.3. The van der Waals surface area contributed by atoms with Crippen LogP contribution in [0, 0.1) is 0 Å². The molecule has 0 aliphatic carbocycles. The van der Waals surface area contributed by atoms with Crippen molar-refractivity contribution in [3.05, 3.63) is 51.8 Å². The Kier molecular flexibility index (Phi) is 4.95. The molecule has 1 heterocycles. The lowest BCUT2D eigenvalue weighted by Gasteiger charge is -2.16. The van der Waals surface area contributed by atoms with Gasteiger partial charge in [-0.1, -0.05) is 23.7 Å². The minimum Gasteiger partial charge on any atom is -0.490 e. The number of H-pyrrole nitrogens is 1. The van der Waals surface area contributed by atoms with E-state index < -0.39 is 0 Å². The number of aromatic amines is 1. The summed E-state index contributed by atoms with van der Waals surface area (Å²) in [5, 5.41) is 0.963. The van der Waals surface area contributed by atoms with Gasteiger partial charge in [0.05, 0.1) is 28.6 Å². The molecular weight excluding hydrogens is 340 g/mol. The predicted molar refractivity (Wildman–Crippen MR) is 99.7 cm³/mol. The summed E-state index contributed by atoms with van der Waals surface area (Å²) in [6.45, 7) is 6.24. The Labute approximate surface area is 150 Å². The summed E-state index contributed by atoms with van der Waals surface area (Å²) in [6, 6.07) is 10.6. The molecule has 0 aliphatic heterocycles. The Morgan fingerprint density at radius 3 is 2.68 bits per heavy atom. The van der Waals surface area contributed by atoms with Gasteiger partial charge >= 0.3 is 0 Å². The van der Waals surface area contributed by atoms with Gasteiger partial charge in [-0.25, -0.2) is 4.98 Å². The highest BCUT2D eigenvalue weighted by Crippen LogP contribution is 2.38. The van der Waals surface area contributed by atoms with Crippen LogP contribution in [0.4, 0.5) is 0 Å². The minimum absolute atomic E-state index is 0.0141. The topological polar surface area (TPSA) is 64.2 Å². The Hall–Kier alpha value is -2.53. The number of nitrogens with zero attached hydrogens (tertiary/aromatic N) is 1. The number of hydrogen-bond donors (Lipinski definition) is 1. The van der Waals surface area contributed by atoms with Crippen molar-refractivity contribution in [2.75, 3.05) is 6.61 Å². The molecule has 0 atom stereocenters. The highest BCUT2D eigenvalue weighted by atomic mass is 35.5. The van der Waals surface area contributed by atoms with Crippen LogP contribution >= 0.6 is 11.6 Å². The third-order valence-corrected chi connectivity index (χ3v) is 3.88. The molecule has 0 unspecified atom stereocenters. The minimum atomic E-state index is -0.211. The molecule has 0 aliphatic rings. The summed E-state index contributed by atoms with van der Waals surface area (Å²) in [5.74, 6) is 1.52. The first kappa shape index (κ1) is 17.3. The van der Waals surface area contributed by atoms with Gasteiger partial charge in [-0.15, -0.1) is 0 Å². The molecule has 2 aromatic carbocycles. The zero-order chi connectivity index (χ0) is 18.0. The van der Waals surface area contributed by atoms with Crippen LogP contribution in [0.3, 0.4) is 0 Å². The molecule has 25 heavy (non-hydrogen) atoms. The van der Waals surface area contributed by atoms with Gasteiger partial charge in [0.2, 0.25) is 0 Å². The van der Waals surface area contributed by atoms with Gasteiger partial charge in [0.1, 0.15) is 5.82 Å². The van der Waals surface area contributed by atoms with Crippen molar-refractivity contribution in [3.8, 4) is 22.9 Å². The van der Waals surface area contributed by atoms with Crippen LogP contribution in [0.5, 0.6) is 11.5 Å². The third-order valence-electron chi connectivity index (χ3n) is 3.56. The molecule has 0 fully saturated rings. The molecule has 0 spiro atoms. The smallest absolute Gasteiger partial charge is 0.259 e. The molecule has 6 heteroatoms. The first-order valence-corrected chi connectivity index (χ1v) is 8.49. The molecule has 0 amide bonds. The van der Waals surface area contributed by atoms with E-state index in [1.807, 2.05) is 26.8 Å². The normalized spacial score (nSPS) is 11.1. The molecule has 0 saturated carbocycles. The number of fused-ring (bicyclic) bond motifs is 1. The monoisotopic (exact) mass is 358 g/mol. The lowest BCUT2D eigenvalue weighted by Crippen LogP contribution is -2.10. The van der Waals surface area contributed by atoms with Crippen molar-refractivity contribution < 1.29 is 9.47 Å². The number of ether oxygens (including phenoxy) is 2. The van der Waals surface area contributed by atoms with E-state index in [0.717, 1.165) is 0 Å². The number of benzene rings is 2. The molecule has 0 radical (unpaired) electrons. The molecule has 0 saturated heterocycles. The third kappa shape index (κ3) is 3.61. The molecular formula is C19H19ClN2O3. The quantitative estimate of drug-likeness (QED) is 0.732. The van der Waals surface area contributed by atoms with Crippen LogP contribution in [0.25, 0.3) is 22.3 Å². The van der Waals surface area contributed by atoms with Gasteiger partial charge in [0.15, 0.2) is 11.5 Å². The van der Waals surface area contributed by atoms with Gasteiger partial charge in [0.25, 0.3) is 5.56 Å². The van der Waals surface area contributed by atoms with E-state index in [0.29, 0.717) is 45.4 Å². The van der Waals surface area contributed by atoms with Crippen molar-refractivity contribution in [2.45, 2.75) is 26.9 Å². The Morgan fingerprint density at radius 2 is 1.96 bits per heavy atom. The summed E-state index contributed by atoms with van der Waals surface area (Å²) >= 11 is 6.43. The maximum absolute atomic E-state index is 12.3. The van der Waals surface area contributed by atoms with Crippen LogP contribution in [0.2, 0.25) is 5.02 Å². The summed E-state index contributed by atoms with van der Waals surface area (Å²) in [4.78, 5) is 19.6. The van der Waals surface area contributed by atoms with E-state index in [-0.39, 0.29) is 11.7 Å². The Bertz CT molecular complexity index is 967. The highest BCUT2D eigenvalue weighted by molar-refractivity contribution is 6.33. The molecule has 3 rings (SSSR count). The van der Waals surface area contributed by atoms with Crippen molar-refractivity contribution >= 4 is 22.5 Å². The standard InChI is InChI=1S/C19H19ClN2O3/c1-4-24-16-9-13(14(20)10-17(16)25-11(2)3)18-21-15-8-6-5-7-12(15)19(23)22-18/h5-11H,4H2,1-3H3,(H,21,22,23). The zero-order valence-electron chi connectivity index (χ0n) is 14.3. The predicted octanol–water partition coefficient (Wildman–Crippen LogP) is 4.43. The number of para-hydroxylation sites is 1. The number of aromatic nitrogens is 2. The number of rotatable bonds is 5. The van der Waals surface area contributed by atoms with E-state index in [4.69, 9.17) is 21.1 Å². The van der Waals surface area contributed by atoms with Crippen molar-refractivity contribution in [3.63, 3.8) is 0 Å². The van der Waals surface area contributed by atoms with E-state index in [1.54, 1.807) is 30.3 Å². The zero-order valence-corrected chi connectivity index (χ0v) is 15.1. The summed E-state index contributed by atoms with van der Waals surface area (Å²) in [7, 11) is 0. The SMILES string of the molecule is CCOc1cc(-c2nc3ccccc3c(=O)[nH]2)c(Cl)cc1OC(C)C. The van der Waals surface area contributed by atoms with E-state index in [2.05, 4.69) is 9.97 Å². The largest absolute Gasteiger partial charge is 0.490 e. The molecule has 5 nitrogen and oxygen atoms in total. The number of nitrogens with one attached hydrogen (secondary N) is 1. The first-order valence-electron chi connectivity index (χ1n) is 8.12. The second-order valence-electron chi connectivity index (χ2n) is 5.81. The molecule has 1 aromatic heterocycles. The Morgan fingerprint density at radius 1 is 1.20 bits per heavy atom. The summed E-state index contributed by atoms with van der Waals surface area (Å²) in [6.07, 6.45) is -0.0141. The van der Waals surface area contributed by atoms with Crippen LogP contribution in [-0.2, 0) is 0 Å². The fraction of sp³-hybridized carbons (Fsp3) is 0.263. The number of hydrogen-bond acceptors (Lipinski definition) is 4. The van der Waals surface area contributed by atoms with Crippen LogP contribution < -0.4 is 15.0 Å². The van der Waals surface area contributed by atoms with Gasteiger partial charge < -0.3 is 14.5 Å². The number of halogens is 1. The maximum Gasteiger partial charge on any atom is 0.259 e. The van der Waals surface area contributed by atoms with Crippen LogP contribution in [0.15, 0.2) is 41.2 Å². The molecule has 3 aromatic rings. The fourth-order valence-corrected chi connectivity index (χ4v) is 2.79. The van der Waals surface area contributed by atoms with Gasteiger partial charge in [-0.05, 0) is 39.0 Å². The fourth-order valence-electron chi connectivity index (χ4n) is 2.54. The van der Waals surface area contributed by atoms with E-state index in [9.17, 15) is 4.79 Å². The van der Waals surface area contributed by atoms with Crippen LogP contribution in [-0.4, -0.2) is 22.7 Å². The van der Waals surface area contributed by atoms with Gasteiger partial charge in [0, 0.05) is 11.6 Å². The van der Waals surface area contributed by atoms with Crippen LogP contribution in [0.1, 0.15) is 20.8 Å². The highest BCUT2D eigenvalue weighted by Gasteiger charge is 2.16. The van der Waals surface area contributed by atoms with E-state index in [1.165, 1.54) is 0 Å². The van der Waals surface area contributed by atoms with Gasteiger partial charge in [-0.2, -0.15) is 0 Å². The molecule has 1 N–H and O–H groups in total. The Balaban J connectivity index is 2.16. The lowest BCUT2D eigenvalue weighted by molar-refractivity contribution is 0.224. The van der Waals surface area contributed by atoms with Crippen molar-refractivity contribution in [1.82, 2.24) is 9.97 Å². The lowest BCUT2D eigenvalue weighted by atomic mass is 10.1. The summed E-state index contributed by atoms with van der Waals surface area (Å²) in [5.41, 5.74) is 0.985. The first-order chi connectivity index (χ1) is 12.0. The average molecular weight is 359 g/mol. The second-order valence-corrected chi connectivity index (χ2v) is 6.22. The molecule has 130 valence electrons. The molecule has 0 bridgehead atoms. The van der Waals surface area contributed by atoms with Crippen molar-refractivity contribution in [1.29, 1.82) is 0 Å². The van der Waals surface area contributed by atoms with Crippen molar-refractivity contribution in [2.24, 2.45) is 0 Å². The van der Waals surface area contributed by atoms with Gasteiger partial charge in [-0.3, -0.25) is 4.79 Å². The summed E-state index contributed by atoms with van der Waals surface area (Å²) < 4.78 is 11.4.